The van der Waals surface area contributed by atoms with E-state index in [1.54, 1.807) is 0 Å². The molecule has 21 aromatic carbocycles. The topological polar surface area (TPSA) is 23.8 Å². The number of nitriles is 1. The molecule has 21 rings (SSSR count). The van der Waals surface area contributed by atoms with Crippen molar-refractivity contribution in [2.75, 3.05) is 0 Å². The highest BCUT2D eigenvalue weighted by Gasteiger charge is 2.34. The summed E-state index contributed by atoms with van der Waals surface area (Å²) in [5, 5.41) is 49.3. The number of hydrogen-bond donors (Lipinski definition) is 0. The average Bonchev–Trinajstić information content (AvgIpc) is 0.748. The van der Waals surface area contributed by atoms with Crippen molar-refractivity contribution in [3.63, 3.8) is 0 Å². The summed E-state index contributed by atoms with van der Waals surface area (Å²) >= 11 is 0. The van der Waals surface area contributed by atoms with E-state index in [1.165, 1.54) is 140 Å². The zero-order chi connectivity index (χ0) is 57.2. The normalized spacial score (nSPS) is 12.5. The lowest BCUT2D eigenvalue weighted by atomic mass is 9.72. The fourth-order valence-electron chi connectivity index (χ4n) is 17.0. The molecule has 0 N–H and O–H groups in total. The Labute approximate surface area is 504 Å². The molecule has 0 saturated heterocycles. The standard InChI is InChI=1S/C87H45N/c88-46-72-83(67-41-31-57-21-16-47-6-1-11-52-26-36-62(67)78(57)73(47)52)85(69-43-33-59-23-18-49-8-3-13-54-28-38-64(69)80(59)75(49)54)87(71-45-35-61-25-20-51-10-5-15-56-30-40-66(71)82(61)77(51)56)86(70-44-34-60-24-19-50-9-4-14-55-29-39-65(70)81(60)76(50)55)84(72)68-42-32-58-22-17-48-7-2-12-53-27-37-63(68)79(58)74(48)53/h1-45H. The summed E-state index contributed by atoms with van der Waals surface area (Å²) in [6.45, 7) is 0. The van der Waals surface area contributed by atoms with Gasteiger partial charge in [0.25, 0.3) is 0 Å². The molecule has 0 spiro atoms. The zero-order valence-corrected chi connectivity index (χ0v) is 47.4. The summed E-state index contributed by atoms with van der Waals surface area (Å²) in [6, 6.07) is 106. The van der Waals surface area contributed by atoms with Crippen LogP contribution in [0.1, 0.15) is 5.56 Å². The van der Waals surface area contributed by atoms with E-state index < -0.39 is 0 Å². The first-order valence-electron chi connectivity index (χ1n) is 30.6. The first-order valence-corrected chi connectivity index (χ1v) is 30.6. The fraction of sp³-hybridized carbons (Fsp3) is 0. The third-order valence-corrected chi connectivity index (χ3v) is 20.6. The maximum atomic E-state index is 13.2. The largest absolute Gasteiger partial charge is 0.192 e. The smallest absolute Gasteiger partial charge is 0.100 e. The van der Waals surface area contributed by atoms with Crippen molar-refractivity contribution in [1.29, 1.82) is 5.26 Å². The van der Waals surface area contributed by atoms with Crippen LogP contribution in [-0.4, -0.2) is 0 Å². The molecule has 0 aromatic heterocycles. The predicted octanol–water partition coefficient (Wildman–Crippen LogP) is 24.4. The number of rotatable bonds is 5. The summed E-state index contributed by atoms with van der Waals surface area (Å²) in [7, 11) is 0. The van der Waals surface area contributed by atoms with E-state index in [9.17, 15) is 5.26 Å². The third kappa shape index (κ3) is 5.94. The molecule has 0 saturated carbocycles. The van der Waals surface area contributed by atoms with Crippen LogP contribution in [0.15, 0.2) is 273 Å². The Morgan fingerprint density at radius 2 is 0.318 bits per heavy atom. The van der Waals surface area contributed by atoms with Crippen molar-refractivity contribution >= 4 is 162 Å². The van der Waals surface area contributed by atoms with Gasteiger partial charge in [-0.3, -0.25) is 0 Å². The van der Waals surface area contributed by atoms with Crippen LogP contribution in [0.3, 0.4) is 0 Å². The van der Waals surface area contributed by atoms with Crippen LogP contribution in [0.25, 0.3) is 217 Å². The molecule has 0 aliphatic carbocycles. The first kappa shape index (κ1) is 46.7. The van der Waals surface area contributed by atoms with E-state index in [-0.39, 0.29) is 0 Å². The molecule has 0 aliphatic rings. The molecule has 0 heterocycles. The van der Waals surface area contributed by atoms with Crippen LogP contribution in [0.2, 0.25) is 0 Å². The van der Waals surface area contributed by atoms with Crippen molar-refractivity contribution < 1.29 is 0 Å². The van der Waals surface area contributed by atoms with E-state index in [4.69, 9.17) is 0 Å². The summed E-state index contributed by atoms with van der Waals surface area (Å²) in [5.74, 6) is 0. The molecule has 398 valence electrons. The van der Waals surface area contributed by atoms with Gasteiger partial charge in [-0.25, -0.2) is 0 Å². The Bertz CT molecular complexity index is 6270. The van der Waals surface area contributed by atoms with Crippen LogP contribution < -0.4 is 0 Å². The van der Waals surface area contributed by atoms with E-state index in [0.717, 1.165) is 77.2 Å². The molecule has 0 fully saturated rings. The van der Waals surface area contributed by atoms with Gasteiger partial charge in [0.1, 0.15) is 6.07 Å². The average molecular weight is 1100 g/mol. The van der Waals surface area contributed by atoms with Gasteiger partial charge >= 0.3 is 0 Å². The molecule has 0 bridgehead atoms. The molecular weight excluding hydrogens is 1060 g/mol. The Morgan fingerprint density at radius 1 is 0.159 bits per heavy atom. The Hall–Kier alpha value is -11.7. The molecule has 0 atom stereocenters. The highest BCUT2D eigenvalue weighted by Crippen LogP contribution is 2.59. The van der Waals surface area contributed by atoms with Gasteiger partial charge < -0.3 is 0 Å². The molecule has 0 amide bonds. The number of benzene rings is 21. The van der Waals surface area contributed by atoms with E-state index in [0.29, 0.717) is 5.56 Å². The van der Waals surface area contributed by atoms with Gasteiger partial charge in [-0.2, -0.15) is 5.26 Å². The summed E-state index contributed by atoms with van der Waals surface area (Å²) in [4.78, 5) is 0. The molecule has 1 nitrogen and oxygen atoms in total. The van der Waals surface area contributed by atoms with Gasteiger partial charge in [-0.05, 0) is 206 Å². The molecule has 0 unspecified atom stereocenters. The van der Waals surface area contributed by atoms with Crippen LogP contribution in [0, 0.1) is 11.3 Å². The molecule has 0 radical (unpaired) electrons. The van der Waals surface area contributed by atoms with Gasteiger partial charge in [-0.15, -0.1) is 0 Å². The number of nitrogens with zero attached hydrogens (tertiary/aromatic N) is 1. The zero-order valence-electron chi connectivity index (χ0n) is 47.4. The second-order valence-corrected chi connectivity index (χ2v) is 24.7. The summed E-state index contributed by atoms with van der Waals surface area (Å²) < 4.78 is 0. The second kappa shape index (κ2) is 16.8. The fourth-order valence-corrected chi connectivity index (χ4v) is 17.0. The molecule has 88 heavy (non-hydrogen) atoms. The van der Waals surface area contributed by atoms with Crippen LogP contribution >= 0.6 is 0 Å². The highest BCUT2D eigenvalue weighted by atomic mass is 14.4. The van der Waals surface area contributed by atoms with Crippen LogP contribution in [0.5, 0.6) is 0 Å². The van der Waals surface area contributed by atoms with E-state index >= 15 is 0 Å². The molecule has 1 heteroatoms. The van der Waals surface area contributed by atoms with E-state index in [2.05, 4.69) is 279 Å². The minimum Gasteiger partial charge on any atom is -0.192 e. The minimum absolute atomic E-state index is 0.646. The Morgan fingerprint density at radius 3 is 0.523 bits per heavy atom. The lowest BCUT2D eigenvalue weighted by Crippen LogP contribution is -2.04. The summed E-state index contributed by atoms with van der Waals surface area (Å²) in [6.07, 6.45) is 0. The van der Waals surface area contributed by atoms with Crippen molar-refractivity contribution in [1.82, 2.24) is 0 Å². The molecule has 21 aromatic rings. The summed E-state index contributed by atoms with van der Waals surface area (Å²) in [5.41, 5.74) is 11.0. The molecular formula is C87H45N. The monoisotopic (exact) mass is 1100 g/mol. The maximum absolute atomic E-state index is 13.2. The van der Waals surface area contributed by atoms with Gasteiger partial charge in [0.15, 0.2) is 0 Å². The Balaban J connectivity index is 1.07. The van der Waals surface area contributed by atoms with Crippen molar-refractivity contribution in [2.45, 2.75) is 0 Å². The van der Waals surface area contributed by atoms with Gasteiger partial charge in [-0.1, -0.05) is 273 Å². The lowest BCUT2D eigenvalue weighted by molar-refractivity contribution is 1.47. The minimum atomic E-state index is 0.646. The Kier molecular flexibility index (Phi) is 8.91. The first-order chi connectivity index (χ1) is 43.6. The van der Waals surface area contributed by atoms with E-state index in [1.807, 2.05) is 0 Å². The highest BCUT2D eigenvalue weighted by molar-refractivity contribution is 6.35. The maximum Gasteiger partial charge on any atom is 0.100 e. The van der Waals surface area contributed by atoms with Gasteiger partial charge in [0.2, 0.25) is 0 Å². The van der Waals surface area contributed by atoms with Crippen LogP contribution in [0.4, 0.5) is 0 Å². The lowest BCUT2D eigenvalue weighted by Gasteiger charge is -2.30. The van der Waals surface area contributed by atoms with Crippen molar-refractivity contribution in [3.8, 4) is 61.7 Å². The second-order valence-electron chi connectivity index (χ2n) is 24.7. The van der Waals surface area contributed by atoms with Crippen molar-refractivity contribution in [3.05, 3.63) is 279 Å². The third-order valence-electron chi connectivity index (χ3n) is 20.6. The van der Waals surface area contributed by atoms with Gasteiger partial charge in [0, 0.05) is 11.1 Å². The number of hydrogen-bond acceptors (Lipinski definition) is 1. The van der Waals surface area contributed by atoms with Crippen molar-refractivity contribution in [2.24, 2.45) is 0 Å². The van der Waals surface area contributed by atoms with Gasteiger partial charge in [0.05, 0.1) is 5.56 Å². The van der Waals surface area contributed by atoms with Crippen LogP contribution in [-0.2, 0) is 0 Å². The SMILES string of the molecule is N#Cc1c(-c2ccc3ccc4cccc5ccc2c3c45)c(-c2ccc3ccc4cccc5ccc2c3c45)c(-c2ccc3ccc4cccc5ccc2c3c45)c(-c2ccc3ccc4cccc5ccc2c3c45)c1-c1ccc2ccc3cccc4ccc1c2c34. The quantitative estimate of drug-likeness (QED) is 0.158. The predicted molar refractivity (Wildman–Crippen MR) is 377 cm³/mol. The molecule has 0 aliphatic heterocycles.